The van der Waals surface area contributed by atoms with E-state index in [0.717, 1.165) is 30.8 Å². The van der Waals surface area contributed by atoms with E-state index >= 15 is 0 Å². The Balaban J connectivity index is 1.82. The maximum Gasteiger partial charge on any atom is 0.251 e. The van der Waals surface area contributed by atoms with Gasteiger partial charge in [-0.3, -0.25) is 15.6 Å². The van der Waals surface area contributed by atoms with E-state index in [1.807, 2.05) is 0 Å². The third-order valence-electron chi connectivity index (χ3n) is 4.59. The molecule has 2 aromatic rings. The number of rotatable bonds is 6. The molecule has 0 radical (unpaired) electrons. The summed E-state index contributed by atoms with van der Waals surface area (Å²) in [6.45, 7) is 0.834. The minimum absolute atomic E-state index is 0.203. The normalized spacial score (nSPS) is 15.6. The molecule has 1 aliphatic rings. The zero-order valence-corrected chi connectivity index (χ0v) is 14.8. The second-order valence-corrected chi connectivity index (χ2v) is 6.26. The van der Waals surface area contributed by atoms with Crippen molar-refractivity contribution in [3.05, 3.63) is 64.7 Å². The molecule has 4 N–H and O–H groups in total. The van der Waals surface area contributed by atoms with Crippen molar-refractivity contribution in [2.75, 3.05) is 26.8 Å². The van der Waals surface area contributed by atoms with Gasteiger partial charge in [0, 0.05) is 30.1 Å². The Morgan fingerprint density at radius 2 is 1.93 bits per heavy atom. The summed E-state index contributed by atoms with van der Waals surface area (Å²) in [6, 6.07) is 7.18. The van der Waals surface area contributed by atoms with Crippen LogP contribution in [0.15, 0.2) is 36.4 Å². The highest BCUT2D eigenvalue weighted by Crippen LogP contribution is 2.29. The first-order valence-corrected chi connectivity index (χ1v) is 8.54. The topological polar surface area (TPSA) is 82.6 Å². The Bertz CT molecular complexity index is 806. The van der Waals surface area contributed by atoms with Crippen LogP contribution >= 0.6 is 0 Å². The van der Waals surface area contributed by atoms with E-state index in [4.69, 9.17) is 4.74 Å². The van der Waals surface area contributed by atoms with Gasteiger partial charge < -0.3 is 15.2 Å². The van der Waals surface area contributed by atoms with E-state index in [1.54, 1.807) is 18.2 Å². The van der Waals surface area contributed by atoms with Gasteiger partial charge in [-0.05, 0) is 29.8 Å². The Morgan fingerprint density at radius 1 is 1.26 bits per heavy atom. The number of hydrogen-bond donors (Lipinski definition) is 4. The standard InChI is InChI=1S/C19H21F2N3O3/c1-27-17-7-11(5-6-13(17)12-8-22-23-9-12)19(26)24-16(10-25)18-14(20)3-2-4-15(18)21/h2-7,12,16,22-23,25H,8-10H2,1H3,(H,24,26). The molecule has 6 nitrogen and oxygen atoms in total. The van der Waals surface area contributed by atoms with Crippen molar-refractivity contribution >= 4 is 5.91 Å². The van der Waals surface area contributed by atoms with Gasteiger partial charge in [0.05, 0.1) is 19.8 Å². The summed E-state index contributed by atoms with van der Waals surface area (Å²) in [5.74, 6) is -1.47. The number of nitrogens with one attached hydrogen (secondary N) is 3. The number of carbonyl (C=O) groups is 1. The average molecular weight is 377 g/mol. The van der Waals surface area contributed by atoms with Crippen LogP contribution in [0.25, 0.3) is 0 Å². The van der Waals surface area contributed by atoms with E-state index in [1.165, 1.54) is 13.2 Å². The second-order valence-electron chi connectivity index (χ2n) is 6.26. The molecule has 27 heavy (non-hydrogen) atoms. The van der Waals surface area contributed by atoms with E-state index in [2.05, 4.69) is 16.2 Å². The number of benzene rings is 2. The van der Waals surface area contributed by atoms with Crippen LogP contribution in [0.3, 0.4) is 0 Å². The lowest BCUT2D eigenvalue weighted by Crippen LogP contribution is -2.32. The Hall–Kier alpha value is -2.55. The van der Waals surface area contributed by atoms with E-state index < -0.39 is 30.2 Å². The molecule has 1 atom stereocenters. The Kier molecular flexibility index (Phi) is 6.00. The van der Waals surface area contributed by atoms with Crippen LogP contribution in [0.1, 0.15) is 33.4 Å². The number of amides is 1. The van der Waals surface area contributed by atoms with Crippen molar-refractivity contribution < 1.29 is 23.4 Å². The Labute approximate surface area is 155 Å². The van der Waals surface area contributed by atoms with E-state index in [0.29, 0.717) is 5.75 Å². The summed E-state index contributed by atoms with van der Waals surface area (Å²) in [7, 11) is 1.52. The molecule has 1 saturated heterocycles. The van der Waals surface area contributed by atoms with Crippen molar-refractivity contribution in [3.8, 4) is 5.75 Å². The highest BCUT2D eigenvalue weighted by atomic mass is 19.1. The maximum absolute atomic E-state index is 14.0. The number of aliphatic hydroxyl groups is 1. The molecule has 144 valence electrons. The van der Waals surface area contributed by atoms with Gasteiger partial charge in [0.1, 0.15) is 17.4 Å². The number of ether oxygens (including phenoxy) is 1. The number of carbonyl (C=O) groups excluding carboxylic acids is 1. The lowest BCUT2D eigenvalue weighted by atomic mass is 9.97. The zero-order chi connectivity index (χ0) is 19.4. The quantitative estimate of drug-likeness (QED) is 0.615. The zero-order valence-electron chi connectivity index (χ0n) is 14.8. The van der Waals surface area contributed by atoms with Gasteiger partial charge in [0.25, 0.3) is 5.91 Å². The molecule has 1 amide bonds. The average Bonchev–Trinajstić information content (AvgIpc) is 3.20. The molecule has 8 heteroatoms. The molecule has 1 heterocycles. The van der Waals surface area contributed by atoms with Gasteiger partial charge in [-0.15, -0.1) is 0 Å². The summed E-state index contributed by atoms with van der Waals surface area (Å²) in [5, 5.41) is 12.0. The van der Waals surface area contributed by atoms with Crippen LogP contribution in [0, 0.1) is 11.6 Å². The van der Waals surface area contributed by atoms with E-state index in [-0.39, 0.29) is 17.0 Å². The summed E-state index contributed by atoms with van der Waals surface area (Å²) in [5.41, 5.74) is 6.92. The maximum atomic E-state index is 14.0. The van der Waals surface area contributed by atoms with Crippen LogP contribution in [0.2, 0.25) is 0 Å². The smallest absolute Gasteiger partial charge is 0.251 e. The lowest BCUT2D eigenvalue weighted by Gasteiger charge is -2.19. The van der Waals surface area contributed by atoms with Crippen LogP contribution in [-0.2, 0) is 0 Å². The summed E-state index contributed by atoms with van der Waals surface area (Å²) >= 11 is 0. The molecular formula is C19H21F2N3O3. The third kappa shape index (κ3) is 4.08. The van der Waals surface area contributed by atoms with Gasteiger partial charge in [-0.2, -0.15) is 0 Å². The molecular weight excluding hydrogens is 356 g/mol. The molecule has 0 saturated carbocycles. The molecule has 1 unspecified atom stereocenters. The molecule has 0 aliphatic carbocycles. The number of hydrazine groups is 1. The van der Waals surface area contributed by atoms with Crippen molar-refractivity contribution in [3.63, 3.8) is 0 Å². The highest BCUT2D eigenvalue weighted by Gasteiger charge is 2.24. The molecule has 0 bridgehead atoms. The molecule has 0 spiro atoms. The molecule has 0 aromatic heterocycles. The van der Waals surface area contributed by atoms with Crippen molar-refractivity contribution in [1.82, 2.24) is 16.2 Å². The summed E-state index contributed by atoms with van der Waals surface area (Å²) in [4.78, 5) is 12.6. The Morgan fingerprint density at radius 3 is 2.52 bits per heavy atom. The SMILES string of the molecule is COc1cc(C(=O)NC(CO)c2c(F)cccc2F)ccc1C1CNNC1. The second kappa shape index (κ2) is 8.43. The van der Waals surface area contributed by atoms with Crippen LogP contribution in [0.4, 0.5) is 8.78 Å². The molecule has 1 fully saturated rings. The first-order valence-electron chi connectivity index (χ1n) is 8.54. The summed E-state index contributed by atoms with van der Waals surface area (Å²) < 4.78 is 33.3. The predicted octanol–water partition coefficient (Wildman–Crippen LogP) is 1.63. The van der Waals surface area contributed by atoms with Crippen LogP contribution < -0.4 is 20.9 Å². The first-order chi connectivity index (χ1) is 13.0. The van der Waals surface area contributed by atoms with Crippen molar-refractivity contribution in [1.29, 1.82) is 0 Å². The van der Waals surface area contributed by atoms with Gasteiger partial charge in [-0.25, -0.2) is 8.78 Å². The minimum Gasteiger partial charge on any atom is -0.496 e. The van der Waals surface area contributed by atoms with Gasteiger partial charge in [0.2, 0.25) is 0 Å². The highest BCUT2D eigenvalue weighted by molar-refractivity contribution is 5.95. The number of methoxy groups -OCH3 is 1. The number of aliphatic hydroxyl groups excluding tert-OH is 1. The number of halogens is 2. The van der Waals surface area contributed by atoms with Gasteiger partial charge in [-0.1, -0.05) is 12.1 Å². The van der Waals surface area contributed by atoms with Crippen molar-refractivity contribution in [2.45, 2.75) is 12.0 Å². The predicted molar refractivity (Wildman–Crippen MR) is 95.4 cm³/mol. The lowest BCUT2D eigenvalue weighted by molar-refractivity contribution is 0.0913. The van der Waals surface area contributed by atoms with Gasteiger partial charge in [0.15, 0.2) is 0 Å². The fourth-order valence-electron chi connectivity index (χ4n) is 3.17. The van der Waals surface area contributed by atoms with E-state index in [9.17, 15) is 18.7 Å². The fraction of sp³-hybridized carbons (Fsp3) is 0.316. The molecule has 2 aromatic carbocycles. The summed E-state index contributed by atoms with van der Waals surface area (Å²) in [6.07, 6.45) is 0. The first kappa shape index (κ1) is 19.2. The largest absolute Gasteiger partial charge is 0.496 e. The third-order valence-corrected chi connectivity index (χ3v) is 4.59. The minimum atomic E-state index is -1.20. The fourth-order valence-corrected chi connectivity index (χ4v) is 3.17. The van der Waals surface area contributed by atoms with Crippen LogP contribution in [0.5, 0.6) is 5.75 Å². The van der Waals surface area contributed by atoms with Crippen molar-refractivity contribution in [2.24, 2.45) is 0 Å². The van der Waals surface area contributed by atoms with Gasteiger partial charge >= 0.3 is 0 Å². The van der Waals surface area contributed by atoms with Crippen LogP contribution in [-0.4, -0.2) is 37.8 Å². The monoisotopic (exact) mass is 377 g/mol. The molecule has 1 aliphatic heterocycles. The number of hydrogen-bond acceptors (Lipinski definition) is 5. The molecule has 3 rings (SSSR count).